The second-order valence-electron chi connectivity index (χ2n) is 6.30. The van der Waals surface area contributed by atoms with E-state index in [0.29, 0.717) is 5.41 Å². The maximum atomic E-state index is 6.40. The van der Waals surface area contributed by atoms with Gasteiger partial charge >= 0.3 is 0 Å². The summed E-state index contributed by atoms with van der Waals surface area (Å²) in [4.78, 5) is 2.39. The van der Waals surface area contributed by atoms with Crippen molar-refractivity contribution in [2.45, 2.75) is 39.7 Å². The van der Waals surface area contributed by atoms with Crippen LogP contribution in [0.2, 0.25) is 5.02 Å². The monoisotopic (exact) mass is 266 g/mol. The third-order valence-electron chi connectivity index (χ3n) is 3.59. The third kappa shape index (κ3) is 3.18. The van der Waals surface area contributed by atoms with Crippen molar-refractivity contribution in [2.24, 2.45) is 11.1 Å². The standard InChI is InChI=1S/C15H23ClN2/c1-11(17)8-12-4-5-14(13(16)9-12)18-7-6-15(2,3)10-18/h4-5,9,11H,6-8,10,17H2,1-3H3. The van der Waals surface area contributed by atoms with Gasteiger partial charge in [0.2, 0.25) is 0 Å². The lowest BCUT2D eigenvalue weighted by Gasteiger charge is -2.23. The fourth-order valence-corrected chi connectivity index (χ4v) is 2.95. The van der Waals surface area contributed by atoms with Crippen molar-refractivity contribution in [1.82, 2.24) is 0 Å². The molecule has 0 saturated carbocycles. The molecule has 18 heavy (non-hydrogen) atoms. The molecule has 3 heteroatoms. The minimum absolute atomic E-state index is 0.178. The smallest absolute Gasteiger partial charge is 0.0642 e. The lowest BCUT2D eigenvalue weighted by molar-refractivity contribution is 0.418. The van der Waals surface area contributed by atoms with E-state index >= 15 is 0 Å². The molecule has 1 fully saturated rings. The van der Waals surface area contributed by atoms with Crippen molar-refractivity contribution < 1.29 is 0 Å². The highest BCUT2D eigenvalue weighted by Gasteiger charge is 2.30. The Morgan fingerprint density at radius 3 is 2.67 bits per heavy atom. The van der Waals surface area contributed by atoms with Crippen LogP contribution in [0.4, 0.5) is 5.69 Å². The first-order valence-electron chi connectivity index (χ1n) is 6.66. The van der Waals surface area contributed by atoms with E-state index in [4.69, 9.17) is 17.3 Å². The normalized spacial score (nSPS) is 20.2. The number of rotatable bonds is 3. The summed E-state index contributed by atoms with van der Waals surface area (Å²) in [5.74, 6) is 0. The van der Waals surface area contributed by atoms with Gasteiger partial charge in [-0.3, -0.25) is 0 Å². The van der Waals surface area contributed by atoms with Gasteiger partial charge in [-0.15, -0.1) is 0 Å². The quantitative estimate of drug-likeness (QED) is 0.908. The number of anilines is 1. The lowest BCUT2D eigenvalue weighted by atomic mass is 9.93. The van der Waals surface area contributed by atoms with Gasteiger partial charge in [-0.1, -0.05) is 31.5 Å². The van der Waals surface area contributed by atoms with E-state index in [0.717, 1.165) is 30.2 Å². The highest BCUT2D eigenvalue weighted by atomic mass is 35.5. The predicted molar refractivity (Wildman–Crippen MR) is 79.4 cm³/mol. The van der Waals surface area contributed by atoms with E-state index in [1.807, 2.05) is 6.92 Å². The topological polar surface area (TPSA) is 29.3 Å². The fraction of sp³-hybridized carbons (Fsp3) is 0.600. The molecule has 0 radical (unpaired) electrons. The fourth-order valence-electron chi connectivity index (χ4n) is 2.62. The highest BCUT2D eigenvalue weighted by Crippen LogP contribution is 2.36. The molecule has 0 amide bonds. The Bertz CT molecular complexity index is 427. The molecule has 1 unspecified atom stereocenters. The summed E-state index contributed by atoms with van der Waals surface area (Å²) in [5.41, 5.74) is 8.60. The van der Waals surface area contributed by atoms with Crippen LogP contribution < -0.4 is 10.6 Å². The molecule has 1 aromatic carbocycles. The van der Waals surface area contributed by atoms with Crippen LogP contribution in [0.25, 0.3) is 0 Å². The van der Waals surface area contributed by atoms with Gasteiger partial charge in [0, 0.05) is 19.1 Å². The summed E-state index contributed by atoms with van der Waals surface area (Å²) in [6.45, 7) is 8.82. The van der Waals surface area contributed by atoms with Gasteiger partial charge in [-0.25, -0.2) is 0 Å². The maximum absolute atomic E-state index is 6.40. The molecule has 0 aliphatic carbocycles. The van der Waals surface area contributed by atoms with Crippen LogP contribution in [-0.2, 0) is 6.42 Å². The molecule has 1 atom stereocenters. The van der Waals surface area contributed by atoms with Crippen LogP contribution in [0.5, 0.6) is 0 Å². The summed E-state index contributed by atoms with van der Waals surface area (Å²) in [5, 5.41) is 0.853. The van der Waals surface area contributed by atoms with E-state index in [-0.39, 0.29) is 6.04 Å². The highest BCUT2D eigenvalue weighted by molar-refractivity contribution is 6.33. The van der Waals surface area contributed by atoms with Crippen molar-refractivity contribution in [3.8, 4) is 0 Å². The largest absolute Gasteiger partial charge is 0.370 e. The summed E-state index contributed by atoms with van der Waals surface area (Å²) < 4.78 is 0. The van der Waals surface area contributed by atoms with Crippen LogP contribution in [0.3, 0.4) is 0 Å². The predicted octanol–water partition coefficient (Wildman–Crippen LogP) is 3.47. The second-order valence-corrected chi connectivity index (χ2v) is 6.71. The lowest BCUT2D eigenvalue weighted by Crippen LogP contribution is -2.23. The zero-order valence-corrected chi connectivity index (χ0v) is 12.3. The molecule has 0 aromatic heterocycles. The van der Waals surface area contributed by atoms with Crippen LogP contribution >= 0.6 is 11.6 Å². The first-order chi connectivity index (χ1) is 8.37. The maximum Gasteiger partial charge on any atom is 0.0642 e. The molecular formula is C15H23ClN2. The van der Waals surface area contributed by atoms with Crippen molar-refractivity contribution >= 4 is 17.3 Å². The van der Waals surface area contributed by atoms with Crippen molar-refractivity contribution in [3.63, 3.8) is 0 Å². The average Bonchev–Trinajstić information content (AvgIpc) is 2.58. The van der Waals surface area contributed by atoms with Crippen LogP contribution in [0, 0.1) is 5.41 Å². The molecule has 0 spiro atoms. The number of nitrogens with zero attached hydrogens (tertiary/aromatic N) is 1. The Kier molecular flexibility index (Phi) is 3.88. The molecule has 1 aliphatic rings. The van der Waals surface area contributed by atoms with Gasteiger partial charge in [0.05, 0.1) is 10.7 Å². The van der Waals surface area contributed by atoms with E-state index in [9.17, 15) is 0 Å². The minimum atomic E-state index is 0.178. The molecule has 100 valence electrons. The van der Waals surface area contributed by atoms with Gasteiger partial charge in [-0.2, -0.15) is 0 Å². The van der Waals surface area contributed by atoms with Crippen molar-refractivity contribution in [1.29, 1.82) is 0 Å². The summed E-state index contributed by atoms with van der Waals surface area (Å²) in [6.07, 6.45) is 2.11. The van der Waals surface area contributed by atoms with Gasteiger partial charge < -0.3 is 10.6 Å². The van der Waals surface area contributed by atoms with Crippen molar-refractivity contribution in [2.75, 3.05) is 18.0 Å². The van der Waals surface area contributed by atoms with Gasteiger partial charge in [0.1, 0.15) is 0 Å². The van der Waals surface area contributed by atoms with Gasteiger partial charge in [0.25, 0.3) is 0 Å². The number of hydrogen-bond acceptors (Lipinski definition) is 2. The molecule has 2 rings (SSSR count). The zero-order valence-electron chi connectivity index (χ0n) is 11.5. The molecule has 0 bridgehead atoms. The van der Waals surface area contributed by atoms with Crippen molar-refractivity contribution in [3.05, 3.63) is 28.8 Å². The number of hydrogen-bond donors (Lipinski definition) is 1. The molecule has 2 N–H and O–H groups in total. The minimum Gasteiger partial charge on any atom is -0.370 e. The van der Waals surface area contributed by atoms with E-state index in [2.05, 4.69) is 36.9 Å². The molecule has 1 heterocycles. The van der Waals surface area contributed by atoms with Crippen LogP contribution in [0.1, 0.15) is 32.8 Å². The summed E-state index contributed by atoms with van der Waals surface area (Å²) >= 11 is 6.40. The molecular weight excluding hydrogens is 244 g/mol. The van der Waals surface area contributed by atoms with E-state index < -0.39 is 0 Å². The Morgan fingerprint density at radius 1 is 1.44 bits per heavy atom. The third-order valence-corrected chi connectivity index (χ3v) is 3.89. The summed E-state index contributed by atoms with van der Waals surface area (Å²) in [7, 11) is 0. The Labute approximate surface area is 115 Å². The Morgan fingerprint density at radius 2 is 2.17 bits per heavy atom. The molecule has 1 saturated heterocycles. The first-order valence-corrected chi connectivity index (χ1v) is 7.04. The van der Waals surface area contributed by atoms with Gasteiger partial charge in [0.15, 0.2) is 0 Å². The van der Waals surface area contributed by atoms with Crippen LogP contribution in [-0.4, -0.2) is 19.1 Å². The Hall–Kier alpha value is -0.730. The number of halogens is 1. The first kappa shape index (κ1) is 13.7. The Balaban J connectivity index is 2.15. The molecule has 1 aliphatic heterocycles. The average molecular weight is 267 g/mol. The molecule has 2 nitrogen and oxygen atoms in total. The number of nitrogens with two attached hydrogens (primary N) is 1. The zero-order chi connectivity index (χ0) is 13.3. The van der Waals surface area contributed by atoms with E-state index in [1.165, 1.54) is 12.0 Å². The number of benzene rings is 1. The molecule has 1 aromatic rings. The van der Waals surface area contributed by atoms with Crippen LogP contribution in [0.15, 0.2) is 18.2 Å². The van der Waals surface area contributed by atoms with E-state index in [1.54, 1.807) is 0 Å². The SMILES string of the molecule is CC(N)Cc1ccc(N2CCC(C)(C)C2)c(Cl)c1. The second kappa shape index (κ2) is 5.10. The van der Waals surface area contributed by atoms with Gasteiger partial charge in [-0.05, 0) is 42.9 Å². The summed E-state index contributed by atoms with van der Waals surface area (Å²) in [6, 6.07) is 6.53.